The number of aryl methyl sites for hydroxylation is 1. The Hall–Kier alpha value is -3.58. The molecule has 5 rings (SSSR count). The highest BCUT2D eigenvalue weighted by Gasteiger charge is 2.46. The maximum atomic E-state index is 14.4. The lowest BCUT2D eigenvalue weighted by atomic mass is 9.92. The molecular formula is C25H27ClF3N7O3. The number of nitrogen functional groups attached to an aromatic ring is 1. The van der Waals surface area contributed by atoms with Crippen LogP contribution in [0.25, 0.3) is 5.69 Å². The number of carboxylic acid groups (broad SMARTS) is 1. The molecule has 2 fully saturated rings. The van der Waals surface area contributed by atoms with E-state index < -0.39 is 18.2 Å². The van der Waals surface area contributed by atoms with Crippen LogP contribution < -0.4 is 20.7 Å². The first-order valence-electron chi connectivity index (χ1n) is 12.4. The van der Waals surface area contributed by atoms with Crippen molar-refractivity contribution in [3.63, 3.8) is 0 Å². The molecule has 3 aromatic rings. The quantitative estimate of drug-likeness (QED) is 0.373. The summed E-state index contributed by atoms with van der Waals surface area (Å²) in [4.78, 5) is 21.1. The molecule has 1 saturated heterocycles. The number of rotatable bonds is 8. The van der Waals surface area contributed by atoms with E-state index in [1.807, 2.05) is 4.90 Å². The van der Waals surface area contributed by atoms with E-state index in [4.69, 9.17) is 27.2 Å². The van der Waals surface area contributed by atoms with Crippen LogP contribution in [-0.2, 0) is 4.79 Å². The summed E-state index contributed by atoms with van der Waals surface area (Å²) in [7, 11) is 0. The lowest BCUT2D eigenvalue weighted by molar-refractivity contribution is -0.198. The molecule has 1 aliphatic carbocycles. The average Bonchev–Trinajstić information content (AvgIpc) is 3.39. The van der Waals surface area contributed by atoms with Crippen LogP contribution in [0.2, 0.25) is 5.02 Å². The van der Waals surface area contributed by atoms with Crippen molar-refractivity contribution in [1.29, 1.82) is 0 Å². The zero-order valence-corrected chi connectivity index (χ0v) is 21.7. The van der Waals surface area contributed by atoms with Gasteiger partial charge in [-0.3, -0.25) is 4.79 Å². The van der Waals surface area contributed by atoms with Gasteiger partial charge in [-0.25, -0.2) is 4.68 Å². The molecule has 3 atom stereocenters. The van der Waals surface area contributed by atoms with E-state index in [1.165, 1.54) is 28.9 Å². The largest absolute Gasteiger partial charge is 0.480 e. The van der Waals surface area contributed by atoms with Gasteiger partial charge in [0.2, 0.25) is 17.9 Å². The molecule has 0 amide bonds. The molecule has 2 aliphatic rings. The summed E-state index contributed by atoms with van der Waals surface area (Å²) in [6.45, 7) is 2.69. The van der Waals surface area contributed by atoms with Crippen LogP contribution in [0.3, 0.4) is 0 Å². The molecule has 0 spiro atoms. The van der Waals surface area contributed by atoms with E-state index >= 15 is 0 Å². The number of carbonyl (C=O) groups is 1. The number of piperidine rings is 1. The second kappa shape index (κ2) is 10.5. The van der Waals surface area contributed by atoms with Gasteiger partial charge in [0.15, 0.2) is 0 Å². The van der Waals surface area contributed by atoms with Crippen LogP contribution in [0.4, 0.5) is 24.9 Å². The van der Waals surface area contributed by atoms with Gasteiger partial charge in [-0.05, 0) is 49.8 Å². The zero-order chi connectivity index (χ0) is 27.9. The van der Waals surface area contributed by atoms with Crippen LogP contribution in [0.1, 0.15) is 30.2 Å². The van der Waals surface area contributed by atoms with E-state index in [2.05, 4.69) is 20.4 Å². The van der Waals surface area contributed by atoms with Crippen molar-refractivity contribution < 1.29 is 27.8 Å². The summed E-state index contributed by atoms with van der Waals surface area (Å²) in [6, 6.07) is 7.08. The van der Waals surface area contributed by atoms with Crippen molar-refractivity contribution in [3.05, 3.63) is 52.8 Å². The topological polar surface area (TPSA) is 131 Å². The molecule has 2 unspecified atom stereocenters. The molecule has 10 nitrogen and oxygen atoms in total. The van der Waals surface area contributed by atoms with E-state index in [1.54, 1.807) is 19.2 Å². The molecule has 2 bridgehead atoms. The van der Waals surface area contributed by atoms with Crippen molar-refractivity contribution in [1.82, 2.24) is 25.1 Å². The van der Waals surface area contributed by atoms with Crippen molar-refractivity contribution in [2.24, 2.45) is 11.8 Å². The third kappa shape index (κ3) is 5.88. The fourth-order valence-corrected chi connectivity index (χ4v) is 5.68. The number of ether oxygens (including phenoxy) is 1. The molecule has 14 heteroatoms. The summed E-state index contributed by atoms with van der Waals surface area (Å²) in [5, 5.41) is 16.6. The predicted molar refractivity (Wildman–Crippen MR) is 137 cm³/mol. The maximum Gasteiger partial charge on any atom is 0.429 e. The standard InChI is InChI=1S/C25H27ClF3N7O3/c1-13-6-7-36(34-13)18-8-16(26)4-5-17(18)23(25(27,28)29)39-20-9-19(32-24(30)33-20)35-11-14-2-3-15(12-35)22(14)31-10-21(37)38/h4-9,14-15,22-23,31H,2-3,10-12H2,1H3,(H,37,38)(H2,30,32,33)/t14?,15?,22?,23-/m1/s1. The Labute approximate surface area is 226 Å². The fraction of sp³-hybridized carbons (Fsp3) is 0.440. The van der Waals surface area contributed by atoms with Gasteiger partial charge < -0.3 is 25.8 Å². The van der Waals surface area contributed by atoms with Crippen LogP contribution in [0.15, 0.2) is 36.5 Å². The summed E-state index contributed by atoms with van der Waals surface area (Å²) >= 11 is 6.11. The van der Waals surface area contributed by atoms with Gasteiger partial charge in [0, 0.05) is 42.0 Å². The van der Waals surface area contributed by atoms with E-state index in [9.17, 15) is 18.0 Å². The van der Waals surface area contributed by atoms with Crippen LogP contribution in [-0.4, -0.2) is 62.7 Å². The lowest BCUT2D eigenvalue weighted by Crippen LogP contribution is -2.52. The third-order valence-corrected chi connectivity index (χ3v) is 7.37. The number of halogens is 4. The molecule has 2 aromatic heterocycles. The van der Waals surface area contributed by atoms with E-state index in [0.29, 0.717) is 24.6 Å². The first-order chi connectivity index (χ1) is 18.5. The molecule has 4 N–H and O–H groups in total. The summed E-state index contributed by atoms with van der Waals surface area (Å²) < 4.78 is 50.0. The molecule has 1 aliphatic heterocycles. The van der Waals surface area contributed by atoms with E-state index in [-0.39, 0.29) is 52.5 Å². The lowest BCUT2D eigenvalue weighted by Gasteiger charge is -2.39. The number of aromatic nitrogens is 4. The minimum Gasteiger partial charge on any atom is -0.480 e. The highest BCUT2D eigenvalue weighted by atomic mass is 35.5. The molecule has 0 radical (unpaired) electrons. The molecule has 1 saturated carbocycles. The Morgan fingerprint density at radius 1 is 1.23 bits per heavy atom. The monoisotopic (exact) mass is 565 g/mol. The Balaban J connectivity index is 1.43. The number of alkyl halides is 3. The van der Waals surface area contributed by atoms with E-state index in [0.717, 1.165) is 12.8 Å². The maximum absolute atomic E-state index is 14.4. The number of carboxylic acids is 1. The van der Waals surface area contributed by atoms with Gasteiger partial charge in [0.1, 0.15) is 5.82 Å². The van der Waals surface area contributed by atoms with Gasteiger partial charge in [-0.2, -0.15) is 28.2 Å². The number of nitrogens with one attached hydrogen (secondary N) is 1. The second-order valence-corrected chi connectivity index (χ2v) is 10.3. The second-order valence-electron chi connectivity index (χ2n) is 9.87. The number of fused-ring (bicyclic) bond motifs is 2. The Morgan fingerprint density at radius 3 is 2.56 bits per heavy atom. The first-order valence-corrected chi connectivity index (χ1v) is 12.8. The van der Waals surface area contributed by atoms with Crippen molar-refractivity contribution >= 4 is 29.3 Å². The summed E-state index contributed by atoms with van der Waals surface area (Å²) in [5.41, 5.74) is 6.45. The molecule has 1 aromatic carbocycles. The van der Waals surface area contributed by atoms with Gasteiger partial charge in [0.25, 0.3) is 0 Å². The number of aliphatic carboxylic acids is 1. The minimum atomic E-state index is -4.81. The number of nitrogens with zero attached hydrogens (tertiary/aromatic N) is 5. The highest BCUT2D eigenvalue weighted by molar-refractivity contribution is 6.30. The van der Waals surface area contributed by atoms with Crippen molar-refractivity contribution in [2.45, 2.75) is 38.1 Å². The Bertz CT molecular complexity index is 1350. The Morgan fingerprint density at radius 2 is 1.95 bits per heavy atom. The van der Waals surface area contributed by atoms with Gasteiger partial charge >= 0.3 is 12.1 Å². The SMILES string of the molecule is Cc1ccn(-c2cc(Cl)ccc2[C@@H](Oc2cc(N3CC4CCC(C3)C4NCC(=O)O)nc(N)n2)C(F)(F)F)n1. The summed E-state index contributed by atoms with van der Waals surface area (Å²) in [5.74, 6) is -0.780. The van der Waals surface area contributed by atoms with Gasteiger partial charge in [-0.1, -0.05) is 17.7 Å². The minimum absolute atomic E-state index is 0.0520. The van der Waals surface area contributed by atoms with Gasteiger partial charge in [-0.15, -0.1) is 0 Å². The molecular weight excluding hydrogens is 539 g/mol. The number of benzene rings is 1. The number of nitrogens with two attached hydrogens (primary N) is 1. The van der Waals surface area contributed by atoms with Crippen LogP contribution >= 0.6 is 11.6 Å². The summed E-state index contributed by atoms with van der Waals surface area (Å²) in [6.07, 6.45) is -3.84. The number of hydrogen-bond donors (Lipinski definition) is 3. The Kier molecular flexibility index (Phi) is 7.29. The van der Waals surface area contributed by atoms with Crippen molar-refractivity contribution in [2.75, 3.05) is 30.3 Å². The average molecular weight is 566 g/mol. The third-order valence-electron chi connectivity index (χ3n) is 7.13. The van der Waals surface area contributed by atoms with Gasteiger partial charge in [0.05, 0.1) is 17.9 Å². The molecule has 3 heterocycles. The zero-order valence-electron chi connectivity index (χ0n) is 20.9. The fourth-order valence-electron chi connectivity index (χ4n) is 5.51. The predicted octanol–water partition coefficient (Wildman–Crippen LogP) is 3.78. The first kappa shape index (κ1) is 27.0. The number of anilines is 2. The van der Waals surface area contributed by atoms with Crippen LogP contribution in [0, 0.1) is 18.8 Å². The highest BCUT2D eigenvalue weighted by Crippen LogP contribution is 2.42. The van der Waals surface area contributed by atoms with Crippen molar-refractivity contribution in [3.8, 4) is 11.6 Å². The normalized spacial score (nSPS) is 21.7. The molecule has 208 valence electrons. The van der Waals surface area contributed by atoms with Crippen LogP contribution in [0.5, 0.6) is 5.88 Å². The smallest absolute Gasteiger partial charge is 0.429 e. The molecule has 39 heavy (non-hydrogen) atoms. The number of hydrogen-bond acceptors (Lipinski definition) is 8.